The molecule has 0 amide bonds. The van der Waals surface area contributed by atoms with Crippen LogP contribution in [0.4, 0.5) is 0 Å². The van der Waals surface area contributed by atoms with E-state index in [0.717, 1.165) is 0 Å². The maximum Gasteiger partial charge on any atom is 0.186 e. The van der Waals surface area contributed by atoms with Gasteiger partial charge in [-0.25, -0.2) is 0 Å². The number of carbonyl (C=O) groups is 2. The summed E-state index contributed by atoms with van der Waals surface area (Å²) in [6.45, 7) is 4.70. The SMILES string of the molecule is CC(C)COc1ccc2c(c1)C(=O)C=CC2=O. The second kappa shape index (κ2) is 4.53. The number of hydrogen-bond donors (Lipinski definition) is 0. The topological polar surface area (TPSA) is 43.4 Å². The number of ketones is 2. The van der Waals surface area contributed by atoms with Crippen LogP contribution in [0, 0.1) is 5.92 Å². The fraction of sp³-hybridized carbons (Fsp3) is 0.286. The molecule has 3 nitrogen and oxygen atoms in total. The Morgan fingerprint density at radius 2 is 1.71 bits per heavy atom. The Morgan fingerprint density at radius 3 is 2.35 bits per heavy atom. The molecule has 0 N–H and O–H groups in total. The summed E-state index contributed by atoms with van der Waals surface area (Å²) >= 11 is 0. The van der Waals surface area contributed by atoms with Crippen molar-refractivity contribution in [3.8, 4) is 5.75 Å². The van der Waals surface area contributed by atoms with Crippen molar-refractivity contribution in [3.05, 3.63) is 41.5 Å². The Balaban J connectivity index is 2.28. The molecule has 0 aliphatic heterocycles. The monoisotopic (exact) mass is 230 g/mol. The Morgan fingerprint density at radius 1 is 1.06 bits per heavy atom. The summed E-state index contributed by atoms with van der Waals surface area (Å²) in [6, 6.07) is 5.02. The largest absolute Gasteiger partial charge is 0.493 e. The van der Waals surface area contributed by atoms with Crippen LogP contribution >= 0.6 is 0 Å². The zero-order valence-electron chi connectivity index (χ0n) is 9.90. The quantitative estimate of drug-likeness (QED) is 0.801. The zero-order chi connectivity index (χ0) is 12.4. The molecular formula is C14H14O3. The van der Waals surface area contributed by atoms with Crippen LogP contribution in [0.5, 0.6) is 5.75 Å². The maximum absolute atomic E-state index is 11.6. The molecule has 3 heteroatoms. The molecule has 0 aromatic heterocycles. The standard InChI is InChI=1S/C14H14O3/c1-9(2)8-17-10-3-4-11-12(7-10)14(16)6-5-13(11)15/h3-7,9H,8H2,1-2H3. The lowest BCUT2D eigenvalue weighted by atomic mass is 9.95. The number of ether oxygens (including phenoxy) is 1. The highest BCUT2D eigenvalue weighted by Crippen LogP contribution is 2.22. The van der Waals surface area contributed by atoms with Gasteiger partial charge in [0.1, 0.15) is 5.75 Å². The number of carbonyl (C=O) groups excluding carboxylic acids is 2. The van der Waals surface area contributed by atoms with Crippen molar-refractivity contribution >= 4 is 11.6 Å². The van der Waals surface area contributed by atoms with Gasteiger partial charge in [-0.15, -0.1) is 0 Å². The van der Waals surface area contributed by atoms with Gasteiger partial charge in [0.2, 0.25) is 0 Å². The summed E-state index contributed by atoms with van der Waals surface area (Å²) in [5.74, 6) is 0.779. The molecule has 0 saturated heterocycles. The van der Waals surface area contributed by atoms with E-state index in [1.54, 1.807) is 18.2 Å². The number of benzene rings is 1. The molecule has 0 heterocycles. The molecule has 1 aliphatic carbocycles. The van der Waals surface area contributed by atoms with Crippen molar-refractivity contribution in [1.29, 1.82) is 0 Å². The van der Waals surface area contributed by atoms with Gasteiger partial charge >= 0.3 is 0 Å². The molecule has 0 atom stereocenters. The fourth-order valence-corrected chi connectivity index (χ4v) is 1.63. The summed E-state index contributed by atoms with van der Waals surface area (Å²) in [7, 11) is 0. The molecule has 1 aromatic rings. The van der Waals surface area contributed by atoms with Gasteiger partial charge in [-0.05, 0) is 36.3 Å². The highest BCUT2D eigenvalue weighted by Gasteiger charge is 2.19. The van der Waals surface area contributed by atoms with E-state index in [-0.39, 0.29) is 11.6 Å². The van der Waals surface area contributed by atoms with Crippen LogP contribution < -0.4 is 4.74 Å². The summed E-state index contributed by atoms with van der Waals surface area (Å²) in [5, 5.41) is 0. The van der Waals surface area contributed by atoms with Crippen LogP contribution in [-0.2, 0) is 0 Å². The molecule has 17 heavy (non-hydrogen) atoms. The van der Waals surface area contributed by atoms with Gasteiger partial charge in [0.15, 0.2) is 11.6 Å². The van der Waals surface area contributed by atoms with E-state index in [0.29, 0.717) is 29.4 Å². The minimum atomic E-state index is -0.144. The van der Waals surface area contributed by atoms with Crippen molar-refractivity contribution in [3.63, 3.8) is 0 Å². The van der Waals surface area contributed by atoms with Gasteiger partial charge < -0.3 is 4.74 Å². The molecule has 0 saturated carbocycles. The summed E-state index contributed by atoms with van der Waals surface area (Å²) < 4.78 is 5.53. The van der Waals surface area contributed by atoms with Gasteiger partial charge in [0.05, 0.1) is 6.61 Å². The van der Waals surface area contributed by atoms with Crippen molar-refractivity contribution in [2.75, 3.05) is 6.61 Å². The minimum absolute atomic E-state index is 0.130. The molecule has 1 aromatic carbocycles. The first-order chi connectivity index (χ1) is 8.08. The molecule has 0 fully saturated rings. The molecule has 1 aliphatic rings. The van der Waals surface area contributed by atoms with E-state index in [9.17, 15) is 9.59 Å². The molecule has 0 spiro atoms. The zero-order valence-corrected chi connectivity index (χ0v) is 9.90. The third-order valence-electron chi connectivity index (χ3n) is 2.49. The van der Waals surface area contributed by atoms with Crippen molar-refractivity contribution < 1.29 is 14.3 Å². The van der Waals surface area contributed by atoms with Gasteiger partial charge in [0.25, 0.3) is 0 Å². The first-order valence-electron chi connectivity index (χ1n) is 5.61. The van der Waals surface area contributed by atoms with Gasteiger partial charge in [-0.2, -0.15) is 0 Å². The van der Waals surface area contributed by atoms with Gasteiger partial charge in [0, 0.05) is 11.1 Å². The van der Waals surface area contributed by atoms with E-state index in [4.69, 9.17) is 4.74 Å². The molecule has 0 radical (unpaired) electrons. The van der Waals surface area contributed by atoms with Crippen LogP contribution in [0.15, 0.2) is 30.4 Å². The molecular weight excluding hydrogens is 216 g/mol. The fourth-order valence-electron chi connectivity index (χ4n) is 1.63. The smallest absolute Gasteiger partial charge is 0.186 e. The Kier molecular flexibility index (Phi) is 3.09. The highest BCUT2D eigenvalue weighted by molar-refractivity contribution is 6.22. The Labute approximate surface area is 100 Å². The minimum Gasteiger partial charge on any atom is -0.493 e. The second-order valence-electron chi connectivity index (χ2n) is 4.47. The maximum atomic E-state index is 11.6. The van der Waals surface area contributed by atoms with Crippen LogP contribution in [0.1, 0.15) is 34.6 Å². The van der Waals surface area contributed by atoms with E-state index in [1.807, 2.05) is 0 Å². The summed E-state index contributed by atoms with van der Waals surface area (Å²) in [6.07, 6.45) is 2.61. The first kappa shape index (κ1) is 11.6. The Bertz CT molecular complexity index is 498. The second-order valence-corrected chi connectivity index (χ2v) is 4.47. The van der Waals surface area contributed by atoms with Crippen molar-refractivity contribution in [2.45, 2.75) is 13.8 Å². The Hall–Kier alpha value is -1.90. The van der Waals surface area contributed by atoms with Crippen LogP contribution in [0.25, 0.3) is 0 Å². The van der Waals surface area contributed by atoms with E-state index < -0.39 is 0 Å². The lowest BCUT2D eigenvalue weighted by Crippen LogP contribution is -2.12. The first-order valence-corrected chi connectivity index (χ1v) is 5.61. The highest BCUT2D eigenvalue weighted by atomic mass is 16.5. The van der Waals surface area contributed by atoms with E-state index in [1.165, 1.54) is 12.2 Å². The average Bonchev–Trinajstić information content (AvgIpc) is 2.31. The van der Waals surface area contributed by atoms with Crippen molar-refractivity contribution in [1.82, 2.24) is 0 Å². The van der Waals surface area contributed by atoms with Gasteiger partial charge in [-0.3, -0.25) is 9.59 Å². The molecule has 2 rings (SSSR count). The summed E-state index contributed by atoms with van der Waals surface area (Å²) in [4.78, 5) is 23.2. The lowest BCUT2D eigenvalue weighted by Gasteiger charge is -2.13. The predicted octanol–water partition coefficient (Wildman–Crippen LogP) is 2.66. The van der Waals surface area contributed by atoms with Crippen LogP contribution in [0.2, 0.25) is 0 Å². The number of allylic oxidation sites excluding steroid dienone is 2. The third-order valence-corrected chi connectivity index (χ3v) is 2.49. The average molecular weight is 230 g/mol. The number of hydrogen-bond acceptors (Lipinski definition) is 3. The molecule has 0 unspecified atom stereocenters. The van der Waals surface area contributed by atoms with Crippen LogP contribution in [-0.4, -0.2) is 18.2 Å². The normalized spacial score (nSPS) is 14.1. The van der Waals surface area contributed by atoms with E-state index in [2.05, 4.69) is 13.8 Å². The molecule has 88 valence electrons. The van der Waals surface area contributed by atoms with E-state index >= 15 is 0 Å². The molecule has 0 bridgehead atoms. The van der Waals surface area contributed by atoms with Gasteiger partial charge in [-0.1, -0.05) is 13.8 Å². The van der Waals surface area contributed by atoms with Crippen molar-refractivity contribution in [2.24, 2.45) is 5.92 Å². The third kappa shape index (κ3) is 2.44. The summed E-state index contributed by atoms with van der Waals surface area (Å²) in [5.41, 5.74) is 0.883. The number of rotatable bonds is 3. The predicted molar refractivity (Wildman–Crippen MR) is 64.6 cm³/mol. The number of fused-ring (bicyclic) bond motifs is 1. The van der Waals surface area contributed by atoms with Crippen LogP contribution in [0.3, 0.4) is 0 Å². The lowest BCUT2D eigenvalue weighted by molar-refractivity contribution is 0.0993.